The Labute approximate surface area is 112 Å². The molecule has 20 heavy (non-hydrogen) atoms. The Hall–Kier alpha value is -2.77. The van der Waals surface area contributed by atoms with Crippen LogP contribution in [-0.4, -0.2) is 25.7 Å². The molecule has 8 nitrogen and oxygen atoms in total. The maximum Gasteiger partial charge on any atom is 0.348 e. The van der Waals surface area contributed by atoms with Gasteiger partial charge in [-0.15, -0.1) is 0 Å². The van der Waals surface area contributed by atoms with Gasteiger partial charge in [0.05, 0.1) is 5.39 Å². The number of fused-ring (bicyclic) bond motifs is 2. The van der Waals surface area contributed by atoms with Gasteiger partial charge in [0.15, 0.2) is 23.0 Å². The fourth-order valence-electron chi connectivity index (χ4n) is 2.02. The zero-order valence-corrected chi connectivity index (χ0v) is 11.1. The van der Waals surface area contributed by atoms with E-state index < -0.39 is 5.63 Å². The van der Waals surface area contributed by atoms with Crippen LogP contribution in [0.1, 0.15) is 12.8 Å². The Kier molecular flexibility index (Phi) is 2.53. The topological polar surface area (TPSA) is 103 Å². The second kappa shape index (κ2) is 4.12. The summed E-state index contributed by atoms with van der Waals surface area (Å²) in [5, 5.41) is 7.58. The second-order valence-corrected chi connectivity index (χ2v) is 4.40. The summed E-state index contributed by atoms with van der Waals surface area (Å²) in [6, 6.07) is 1.58. The van der Waals surface area contributed by atoms with Gasteiger partial charge in [-0.2, -0.15) is 10.1 Å². The molecule has 0 aliphatic rings. The van der Waals surface area contributed by atoms with Crippen molar-refractivity contribution >= 4 is 33.8 Å². The Morgan fingerprint density at radius 1 is 1.35 bits per heavy atom. The number of hydrogen-bond acceptors (Lipinski definition) is 6. The highest BCUT2D eigenvalue weighted by molar-refractivity contribution is 6.01. The van der Waals surface area contributed by atoms with Gasteiger partial charge < -0.3 is 9.73 Å². The third kappa shape index (κ3) is 1.81. The maximum atomic E-state index is 11.8. The Morgan fingerprint density at radius 3 is 2.80 bits per heavy atom. The van der Waals surface area contributed by atoms with Crippen molar-refractivity contribution in [3.05, 3.63) is 22.4 Å². The van der Waals surface area contributed by atoms with Crippen molar-refractivity contribution in [1.29, 1.82) is 0 Å². The van der Waals surface area contributed by atoms with Crippen molar-refractivity contribution in [3.8, 4) is 0 Å². The highest BCUT2D eigenvalue weighted by atomic mass is 16.4. The number of carbonyl (C=O) groups is 1. The molecule has 1 amide bonds. The molecule has 8 heteroatoms. The SMILES string of the molecule is CC(=O)Nc1nn(C)c2nc3nc(C)oc(=O)c3cc12. The lowest BCUT2D eigenvalue weighted by molar-refractivity contribution is -0.114. The van der Waals surface area contributed by atoms with Gasteiger partial charge in [0.25, 0.3) is 0 Å². The molecule has 0 aliphatic carbocycles. The summed E-state index contributed by atoms with van der Waals surface area (Å²) in [5.74, 6) is 0.349. The average molecular weight is 273 g/mol. The summed E-state index contributed by atoms with van der Waals surface area (Å²) in [6.45, 7) is 2.97. The molecule has 0 aliphatic heterocycles. The molecule has 3 rings (SSSR count). The van der Waals surface area contributed by atoms with Crippen LogP contribution < -0.4 is 10.9 Å². The molecular formula is C12H11N5O3. The quantitative estimate of drug-likeness (QED) is 0.701. The molecule has 102 valence electrons. The first-order valence-electron chi connectivity index (χ1n) is 5.88. The zero-order chi connectivity index (χ0) is 14.4. The van der Waals surface area contributed by atoms with Crippen LogP contribution in [0.15, 0.2) is 15.3 Å². The Bertz CT molecular complexity index is 909. The summed E-state index contributed by atoms with van der Waals surface area (Å²) >= 11 is 0. The molecule has 0 bridgehead atoms. The van der Waals surface area contributed by atoms with Gasteiger partial charge in [-0.1, -0.05) is 0 Å². The number of rotatable bonds is 1. The molecule has 0 radical (unpaired) electrons. The fraction of sp³-hybridized carbons (Fsp3) is 0.250. The minimum Gasteiger partial charge on any atom is -0.408 e. The van der Waals surface area contributed by atoms with E-state index in [1.54, 1.807) is 20.0 Å². The van der Waals surface area contributed by atoms with Crippen LogP contribution in [0.4, 0.5) is 5.82 Å². The normalized spacial score (nSPS) is 11.2. The standard InChI is InChI=1S/C12H11N5O3/c1-5(18)13-10-7-4-8-9(14-6(2)20-12(8)19)15-11(7)17(3)16-10/h4H,1-3H3,(H,13,16,18). The predicted molar refractivity (Wildman–Crippen MR) is 71.4 cm³/mol. The smallest absolute Gasteiger partial charge is 0.348 e. The number of hydrogen-bond donors (Lipinski definition) is 1. The molecule has 3 aromatic rings. The van der Waals surface area contributed by atoms with Gasteiger partial charge in [0, 0.05) is 20.9 Å². The van der Waals surface area contributed by atoms with Crippen molar-refractivity contribution in [1.82, 2.24) is 19.7 Å². The van der Waals surface area contributed by atoms with E-state index in [0.717, 1.165) is 0 Å². The first kappa shape index (κ1) is 12.3. The minimum atomic E-state index is -0.514. The molecule has 1 N–H and O–H groups in total. The highest BCUT2D eigenvalue weighted by Crippen LogP contribution is 2.23. The Balaban J connectivity index is 2.40. The number of amides is 1. The van der Waals surface area contributed by atoms with Crippen molar-refractivity contribution < 1.29 is 9.21 Å². The van der Waals surface area contributed by atoms with Crippen LogP contribution >= 0.6 is 0 Å². The van der Waals surface area contributed by atoms with E-state index in [9.17, 15) is 9.59 Å². The maximum absolute atomic E-state index is 11.8. The third-order valence-corrected chi connectivity index (χ3v) is 2.81. The van der Waals surface area contributed by atoms with Crippen LogP contribution in [0, 0.1) is 6.92 Å². The van der Waals surface area contributed by atoms with Crippen LogP contribution in [0.5, 0.6) is 0 Å². The molecular weight excluding hydrogens is 262 g/mol. The number of nitrogens with zero attached hydrogens (tertiary/aromatic N) is 4. The van der Waals surface area contributed by atoms with E-state index in [0.29, 0.717) is 22.5 Å². The molecule has 3 aromatic heterocycles. The van der Waals surface area contributed by atoms with Gasteiger partial charge in [-0.05, 0) is 6.07 Å². The number of aromatic nitrogens is 4. The van der Waals surface area contributed by atoms with Gasteiger partial charge >= 0.3 is 5.63 Å². The first-order valence-corrected chi connectivity index (χ1v) is 5.88. The first-order chi connectivity index (χ1) is 9.45. The molecule has 0 unspecified atom stereocenters. The van der Waals surface area contributed by atoms with E-state index in [-0.39, 0.29) is 17.2 Å². The molecule has 0 saturated heterocycles. The van der Waals surface area contributed by atoms with Gasteiger partial charge in [0.1, 0.15) is 5.39 Å². The van der Waals surface area contributed by atoms with E-state index >= 15 is 0 Å². The molecule has 0 spiro atoms. The highest BCUT2D eigenvalue weighted by Gasteiger charge is 2.15. The largest absolute Gasteiger partial charge is 0.408 e. The fourth-order valence-corrected chi connectivity index (χ4v) is 2.02. The lowest BCUT2D eigenvalue weighted by Gasteiger charge is -1.99. The number of carbonyl (C=O) groups excluding carboxylic acids is 1. The average Bonchev–Trinajstić information content (AvgIpc) is 2.63. The van der Waals surface area contributed by atoms with E-state index in [1.165, 1.54) is 11.6 Å². The van der Waals surface area contributed by atoms with Gasteiger partial charge in [0.2, 0.25) is 5.91 Å². The van der Waals surface area contributed by atoms with Crippen molar-refractivity contribution in [2.45, 2.75) is 13.8 Å². The van der Waals surface area contributed by atoms with E-state index in [1.807, 2.05) is 0 Å². The van der Waals surface area contributed by atoms with Crippen LogP contribution in [0.3, 0.4) is 0 Å². The minimum absolute atomic E-state index is 0.249. The van der Waals surface area contributed by atoms with Crippen LogP contribution in [-0.2, 0) is 11.8 Å². The van der Waals surface area contributed by atoms with Crippen LogP contribution in [0.2, 0.25) is 0 Å². The number of anilines is 1. The lowest BCUT2D eigenvalue weighted by Crippen LogP contribution is -2.07. The molecule has 0 fully saturated rings. The summed E-state index contributed by atoms with van der Waals surface area (Å²) in [5.41, 5.74) is 0.307. The second-order valence-electron chi connectivity index (χ2n) is 4.40. The van der Waals surface area contributed by atoms with E-state index in [2.05, 4.69) is 20.4 Å². The third-order valence-electron chi connectivity index (χ3n) is 2.81. The lowest BCUT2D eigenvalue weighted by atomic mass is 10.2. The van der Waals surface area contributed by atoms with Crippen molar-refractivity contribution in [3.63, 3.8) is 0 Å². The molecule has 0 aromatic carbocycles. The Morgan fingerprint density at radius 2 is 2.10 bits per heavy atom. The molecule has 0 saturated carbocycles. The molecule has 3 heterocycles. The van der Waals surface area contributed by atoms with Crippen LogP contribution in [0.25, 0.3) is 22.1 Å². The summed E-state index contributed by atoms with van der Waals surface area (Å²) < 4.78 is 6.47. The molecule has 0 atom stereocenters. The summed E-state index contributed by atoms with van der Waals surface area (Å²) in [7, 11) is 1.70. The van der Waals surface area contributed by atoms with Gasteiger partial charge in [-0.3, -0.25) is 4.79 Å². The number of aryl methyl sites for hydroxylation is 2. The van der Waals surface area contributed by atoms with Crippen molar-refractivity contribution in [2.24, 2.45) is 7.05 Å². The monoisotopic (exact) mass is 273 g/mol. The van der Waals surface area contributed by atoms with E-state index in [4.69, 9.17) is 4.42 Å². The summed E-state index contributed by atoms with van der Waals surface area (Å²) in [6.07, 6.45) is 0. The number of nitrogens with one attached hydrogen (secondary N) is 1. The predicted octanol–water partition coefficient (Wildman–Crippen LogP) is 0.737. The van der Waals surface area contributed by atoms with Gasteiger partial charge in [-0.25, -0.2) is 14.5 Å². The zero-order valence-electron chi connectivity index (χ0n) is 11.1. The number of pyridine rings is 1. The van der Waals surface area contributed by atoms with Crippen molar-refractivity contribution in [2.75, 3.05) is 5.32 Å². The summed E-state index contributed by atoms with van der Waals surface area (Å²) in [4.78, 5) is 31.4.